The van der Waals surface area contributed by atoms with Gasteiger partial charge in [-0.05, 0) is 25.0 Å². The Morgan fingerprint density at radius 3 is 2.63 bits per heavy atom. The maximum atomic E-state index is 10.5. The highest BCUT2D eigenvalue weighted by molar-refractivity contribution is 7.99. The molecule has 1 aliphatic rings. The molecule has 9 heteroatoms. The summed E-state index contributed by atoms with van der Waals surface area (Å²) >= 11 is 1.62. The van der Waals surface area contributed by atoms with E-state index in [9.17, 15) is 10.2 Å². The molecule has 0 amide bonds. The van der Waals surface area contributed by atoms with E-state index in [1.54, 1.807) is 16.3 Å². The fourth-order valence-corrected chi connectivity index (χ4v) is 4.54. The fraction of sp³-hybridized carbons (Fsp3) is 0.389. The van der Waals surface area contributed by atoms with Crippen LogP contribution >= 0.6 is 11.8 Å². The molecule has 3 heterocycles. The first-order valence-electron chi connectivity index (χ1n) is 8.61. The van der Waals surface area contributed by atoms with Crippen molar-refractivity contribution in [3.63, 3.8) is 0 Å². The van der Waals surface area contributed by atoms with Gasteiger partial charge in [0.25, 0.3) is 0 Å². The molecule has 0 spiro atoms. The van der Waals surface area contributed by atoms with Crippen molar-refractivity contribution in [1.29, 1.82) is 0 Å². The van der Waals surface area contributed by atoms with Crippen LogP contribution in [0.4, 0.5) is 5.82 Å². The van der Waals surface area contributed by atoms with E-state index >= 15 is 0 Å². The number of thioether (sulfide) groups is 1. The van der Waals surface area contributed by atoms with Gasteiger partial charge >= 0.3 is 0 Å². The Morgan fingerprint density at radius 1 is 1.15 bits per heavy atom. The molecule has 1 fully saturated rings. The third-order valence-electron chi connectivity index (χ3n) is 4.80. The number of aliphatic hydroxyl groups is 2. The number of aliphatic hydroxyl groups excluding tert-OH is 2. The molecular formula is C18H21N5O3S. The number of benzene rings is 1. The van der Waals surface area contributed by atoms with Gasteiger partial charge in [-0.15, -0.1) is 11.8 Å². The first-order valence-corrected chi connectivity index (χ1v) is 9.59. The van der Waals surface area contributed by atoms with E-state index in [0.29, 0.717) is 16.9 Å². The Labute approximate surface area is 160 Å². The minimum absolute atomic E-state index is 0.258. The minimum atomic E-state index is -1.10. The number of aromatic nitrogens is 4. The van der Waals surface area contributed by atoms with Crippen LogP contribution in [0, 0.1) is 13.8 Å². The van der Waals surface area contributed by atoms with Crippen LogP contribution in [0.3, 0.4) is 0 Å². The largest absolute Gasteiger partial charge is 0.387 e. The monoisotopic (exact) mass is 387 g/mol. The molecule has 4 N–H and O–H groups in total. The molecule has 1 aromatic carbocycles. The lowest BCUT2D eigenvalue weighted by Crippen LogP contribution is -2.32. The molecule has 8 nitrogen and oxygen atoms in total. The first kappa shape index (κ1) is 18.2. The number of imidazole rings is 1. The Balaban J connectivity index is 1.55. The zero-order valence-electron chi connectivity index (χ0n) is 15.0. The van der Waals surface area contributed by atoms with Gasteiger partial charge in [0.15, 0.2) is 17.7 Å². The minimum Gasteiger partial charge on any atom is -0.387 e. The molecular weight excluding hydrogens is 366 g/mol. The molecule has 0 bridgehead atoms. The van der Waals surface area contributed by atoms with Crippen molar-refractivity contribution in [2.45, 2.75) is 43.3 Å². The maximum Gasteiger partial charge on any atom is 0.167 e. The number of anilines is 1. The van der Waals surface area contributed by atoms with E-state index in [-0.39, 0.29) is 5.82 Å². The normalized spacial score (nSPS) is 25.3. The van der Waals surface area contributed by atoms with E-state index in [1.807, 2.05) is 6.07 Å². The summed E-state index contributed by atoms with van der Waals surface area (Å²) in [5.74, 6) is 0.776. The molecule has 0 unspecified atom stereocenters. The van der Waals surface area contributed by atoms with Crippen molar-refractivity contribution in [3.05, 3.63) is 42.0 Å². The zero-order valence-corrected chi connectivity index (χ0v) is 15.8. The van der Waals surface area contributed by atoms with Gasteiger partial charge < -0.3 is 20.7 Å². The van der Waals surface area contributed by atoms with Crippen LogP contribution in [0.5, 0.6) is 0 Å². The molecule has 27 heavy (non-hydrogen) atoms. The lowest BCUT2D eigenvalue weighted by molar-refractivity contribution is -0.0289. The van der Waals surface area contributed by atoms with Gasteiger partial charge in [0, 0.05) is 10.6 Å². The average molecular weight is 387 g/mol. The van der Waals surface area contributed by atoms with Crippen molar-refractivity contribution >= 4 is 28.7 Å². The van der Waals surface area contributed by atoms with Crippen molar-refractivity contribution in [2.75, 3.05) is 11.5 Å². The summed E-state index contributed by atoms with van der Waals surface area (Å²) in [4.78, 5) is 13.5. The average Bonchev–Trinajstić information content (AvgIpc) is 3.18. The highest BCUT2D eigenvalue weighted by Crippen LogP contribution is 2.35. The molecule has 1 aliphatic heterocycles. The number of nitrogens with two attached hydrogens (primary N) is 1. The number of hydrogen-bond donors (Lipinski definition) is 3. The molecule has 2 aromatic heterocycles. The third-order valence-corrected chi connectivity index (χ3v) is 6.23. The Bertz CT molecular complexity index is 959. The van der Waals surface area contributed by atoms with Crippen LogP contribution in [-0.2, 0) is 4.74 Å². The summed E-state index contributed by atoms with van der Waals surface area (Å²) in [6, 6.07) is 6.13. The second-order valence-corrected chi connectivity index (χ2v) is 7.69. The van der Waals surface area contributed by atoms with Crippen LogP contribution in [0.1, 0.15) is 17.4 Å². The number of ether oxygens (including phenoxy) is 1. The van der Waals surface area contributed by atoms with Crippen molar-refractivity contribution in [3.8, 4) is 0 Å². The summed E-state index contributed by atoms with van der Waals surface area (Å²) in [5.41, 5.74) is 9.07. The summed E-state index contributed by atoms with van der Waals surface area (Å²) in [6.45, 7) is 4.11. The number of nitrogen functional groups attached to an aromatic ring is 1. The predicted octanol–water partition coefficient (Wildman–Crippen LogP) is 1.44. The van der Waals surface area contributed by atoms with E-state index < -0.39 is 24.5 Å². The Morgan fingerprint density at radius 2 is 1.89 bits per heavy atom. The number of fused-ring (bicyclic) bond motifs is 1. The highest BCUT2D eigenvalue weighted by Gasteiger charge is 2.44. The number of hydrogen-bond acceptors (Lipinski definition) is 8. The van der Waals surface area contributed by atoms with E-state index in [0.717, 1.165) is 0 Å². The fourth-order valence-electron chi connectivity index (χ4n) is 3.35. The second kappa shape index (κ2) is 7.08. The van der Waals surface area contributed by atoms with Crippen LogP contribution in [0.25, 0.3) is 11.2 Å². The summed E-state index contributed by atoms with van der Waals surface area (Å²) in [7, 11) is 0. The van der Waals surface area contributed by atoms with E-state index in [1.165, 1.54) is 28.7 Å². The van der Waals surface area contributed by atoms with E-state index in [4.69, 9.17) is 10.5 Å². The van der Waals surface area contributed by atoms with Crippen LogP contribution in [0.2, 0.25) is 0 Å². The molecule has 3 aromatic rings. The molecule has 142 valence electrons. The van der Waals surface area contributed by atoms with Crippen LogP contribution in [-0.4, -0.2) is 53.8 Å². The van der Waals surface area contributed by atoms with Crippen LogP contribution < -0.4 is 5.73 Å². The zero-order chi connectivity index (χ0) is 19.1. The van der Waals surface area contributed by atoms with Gasteiger partial charge in [0.1, 0.15) is 24.1 Å². The summed E-state index contributed by atoms with van der Waals surface area (Å²) < 4.78 is 7.57. The van der Waals surface area contributed by atoms with Gasteiger partial charge in [-0.1, -0.05) is 18.2 Å². The number of nitrogens with zero attached hydrogens (tertiary/aromatic N) is 4. The Hall–Kier alpha value is -2.20. The van der Waals surface area contributed by atoms with Crippen molar-refractivity contribution < 1.29 is 14.9 Å². The highest BCUT2D eigenvalue weighted by atomic mass is 32.2. The van der Waals surface area contributed by atoms with Crippen molar-refractivity contribution in [2.24, 2.45) is 0 Å². The van der Waals surface area contributed by atoms with Gasteiger partial charge in [0.2, 0.25) is 0 Å². The van der Waals surface area contributed by atoms with Gasteiger partial charge in [-0.25, -0.2) is 15.0 Å². The molecule has 0 radical (unpaired) electrons. The molecule has 1 saturated heterocycles. The van der Waals surface area contributed by atoms with Crippen LogP contribution in [0.15, 0.2) is 35.7 Å². The number of rotatable bonds is 4. The standard InChI is InChI=1S/C18H21N5O3S/c1-9-4-3-5-10(2)15(9)27-6-11-13(24)14(25)18(26-11)23-8-22-12-16(19)20-7-21-17(12)23/h3-5,7-8,11,13-14,18,24-25H,6H2,1-2H3,(H2,19,20,21)/t11-,13-,14-,18-/m1/s1. The summed E-state index contributed by atoms with van der Waals surface area (Å²) in [6.07, 6.45) is -0.585. The molecule has 0 saturated carbocycles. The molecule has 0 aliphatic carbocycles. The SMILES string of the molecule is Cc1cccc(C)c1SC[C@H]1O[C@@H](n2cnc3c(N)ncnc32)[C@H](O)[C@@H]1O. The second-order valence-electron chi connectivity index (χ2n) is 6.66. The number of aryl methyl sites for hydroxylation is 2. The van der Waals surface area contributed by atoms with E-state index in [2.05, 4.69) is 40.9 Å². The third kappa shape index (κ3) is 3.16. The quantitative estimate of drug-likeness (QED) is 0.575. The summed E-state index contributed by atoms with van der Waals surface area (Å²) in [5, 5.41) is 21.0. The molecule has 4 rings (SSSR count). The lowest BCUT2D eigenvalue weighted by Gasteiger charge is -2.16. The lowest BCUT2D eigenvalue weighted by atomic mass is 10.1. The molecule has 4 atom stereocenters. The maximum absolute atomic E-state index is 10.5. The predicted molar refractivity (Wildman–Crippen MR) is 102 cm³/mol. The van der Waals surface area contributed by atoms with Gasteiger partial charge in [0.05, 0.1) is 12.4 Å². The van der Waals surface area contributed by atoms with Crippen molar-refractivity contribution in [1.82, 2.24) is 19.5 Å². The van der Waals surface area contributed by atoms with Gasteiger partial charge in [-0.3, -0.25) is 4.57 Å². The Kier molecular flexibility index (Phi) is 4.77. The van der Waals surface area contributed by atoms with Gasteiger partial charge in [-0.2, -0.15) is 0 Å². The smallest absolute Gasteiger partial charge is 0.167 e. The first-order chi connectivity index (χ1) is 13.0. The topological polar surface area (TPSA) is 119 Å².